The molecule has 1 aromatic rings. The molecule has 0 spiro atoms. The molecule has 1 aromatic carbocycles. The zero-order valence-electron chi connectivity index (χ0n) is 9.46. The van der Waals surface area contributed by atoms with Gasteiger partial charge in [0.1, 0.15) is 5.82 Å². The van der Waals surface area contributed by atoms with Crippen molar-refractivity contribution in [3.8, 4) is 0 Å². The molecule has 0 fully saturated rings. The molecule has 1 atom stereocenters. The molecule has 1 unspecified atom stereocenters. The van der Waals surface area contributed by atoms with Gasteiger partial charge in [0.25, 0.3) is 0 Å². The van der Waals surface area contributed by atoms with Crippen molar-refractivity contribution in [2.45, 2.75) is 25.9 Å². The molecule has 1 N–H and O–H groups in total. The van der Waals surface area contributed by atoms with Crippen LogP contribution in [0.5, 0.6) is 0 Å². The van der Waals surface area contributed by atoms with Crippen LogP contribution in [0.4, 0.5) is 4.39 Å². The van der Waals surface area contributed by atoms with E-state index in [1.54, 1.807) is 19.1 Å². The number of hydrogen-bond donors (Lipinski definition) is 1. The van der Waals surface area contributed by atoms with Gasteiger partial charge in [0.05, 0.1) is 12.2 Å². The number of rotatable bonds is 5. The molecule has 0 bridgehead atoms. The van der Waals surface area contributed by atoms with Crippen LogP contribution in [-0.2, 0) is 11.2 Å². The molecule has 0 radical (unpaired) electrons. The van der Waals surface area contributed by atoms with Crippen molar-refractivity contribution >= 4 is 11.6 Å². The fraction of sp³-hybridized carbons (Fsp3) is 0.500. The maximum atomic E-state index is 13.5. The predicted molar refractivity (Wildman–Crippen MR) is 62.2 cm³/mol. The summed E-state index contributed by atoms with van der Waals surface area (Å²) in [4.78, 5) is 0. The Hall–Kier alpha value is -0.640. The lowest BCUT2D eigenvalue weighted by Crippen LogP contribution is -2.33. The van der Waals surface area contributed by atoms with E-state index < -0.39 is 11.4 Å². The largest absolute Gasteiger partial charge is 0.387 e. The quantitative estimate of drug-likeness (QED) is 0.866. The summed E-state index contributed by atoms with van der Waals surface area (Å²) in [7, 11) is 0. The van der Waals surface area contributed by atoms with Gasteiger partial charge < -0.3 is 9.84 Å². The van der Waals surface area contributed by atoms with E-state index in [2.05, 4.69) is 0 Å². The summed E-state index contributed by atoms with van der Waals surface area (Å²) in [5, 5.41) is 10.3. The fourth-order valence-corrected chi connectivity index (χ4v) is 1.68. The van der Waals surface area contributed by atoms with Crippen LogP contribution in [0.3, 0.4) is 0 Å². The third kappa shape index (κ3) is 3.74. The molecule has 0 saturated carbocycles. The van der Waals surface area contributed by atoms with Crippen LogP contribution in [-0.4, -0.2) is 23.9 Å². The maximum absolute atomic E-state index is 13.5. The van der Waals surface area contributed by atoms with E-state index in [0.717, 1.165) is 0 Å². The molecule has 0 aromatic heterocycles. The fourth-order valence-electron chi connectivity index (χ4n) is 1.46. The molecular formula is C12H16ClFO2. The van der Waals surface area contributed by atoms with Crippen LogP contribution in [0.15, 0.2) is 18.2 Å². The minimum Gasteiger partial charge on any atom is -0.387 e. The third-order valence-electron chi connectivity index (χ3n) is 2.24. The van der Waals surface area contributed by atoms with Gasteiger partial charge in [0.15, 0.2) is 0 Å². The number of ether oxygens (including phenoxy) is 1. The van der Waals surface area contributed by atoms with Crippen LogP contribution in [0, 0.1) is 5.82 Å². The Balaban J connectivity index is 2.79. The van der Waals surface area contributed by atoms with Crippen LogP contribution < -0.4 is 0 Å². The number of benzene rings is 1. The Kier molecular flexibility index (Phi) is 4.71. The summed E-state index contributed by atoms with van der Waals surface area (Å²) >= 11 is 5.88. The van der Waals surface area contributed by atoms with Gasteiger partial charge in [-0.15, -0.1) is 0 Å². The molecule has 0 saturated heterocycles. The van der Waals surface area contributed by atoms with Gasteiger partial charge in [-0.25, -0.2) is 4.39 Å². The van der Waals surface area contributed by atoms with Crippen LogP contribution in [0.25, 0.3) is 0 Å². The summed E-state index contributed by atoms with van der Waals surface area (Å²) in [6.07, 6.45) is 0.137. The lowest BCUT2D eigenvalue weighted by Gasteiger charge is -2.23. The van der Waals surface area contributed by atoms with E-state index in [-0.39, 0.29) is 13.0 Å². The van der Waals surface area contributed by atoms with Crippen molar-refractivity contribution in [2.75, 3.05) is 13.2 Å². The molecule has 0 heterocycles. The molecular weight excluding hydrogens is 231 g/mol. The molecule has 90 valence electrons. The zero-order valence-corrected chi connectivity index (χ0v) is 10.2. The monoisotopic (exact) mass is 246 g/mol. The Morgan fingerprint density at radius 3 is 2.75 bits per heavy atom. The molecule has 16 heavy (non-hydrogen) atoms. The van der Waals surface area contributed by atoms with Crippen molar-refractivity contribution < 1.29 is 14.2 Å². The molecule has 1 rings (SSSR count). The number of halogens is 2. The lowest BCUT2D eigenvalue weighted by atomic mass is 9.97. The zero-order chi connectivity index (χ0) is 12.2. The van der Waals surface area contributed by atoms with Gasteiger partial charge in [-0.3, -0.25) is 0 Å². The second-order valence-electron chi connectivity index (χ2n) is 4.01. The molecule has 0 amide bonds. The average Bonchev–Trinajstić information content (AvgIpc) is 2.21. The minimum atomic E-state index is -1.11. The van der Waals surface area contributed by atoms with Crippen molar-refractivity contribution in [3.05, 3.63) is 34.6 Å². The van der Waals surface area contributed by atoms with Crippen LogP contribution >= 0.6 is 11.6 Å². The van der Waals surface area contributed by atoms with Gasteiger partial charge in [-0.05, 0) is 26.0 Å². The Morgan fingerprint density at radius 2 is 2.19 bits per heavy atom. The van der Waals surface area contributed by atoms with Crippen LogP contribution in [0.1, 0.15) is 19.4 Å². The molecule has 0 aliphatic heterocycles. The summed E-state index contributed by atoms with van der Waals surface area (Å²) in [6, 6.07) is 4.48. The molecule has 0 aliphatic carbocycles. The van der Waals surface area contributed by atoms with E-state index >= 15 is 0 Å². The van der Waals surface area contributed by atoms with Crippen LogP contribution in [0.2, 0.25) is 5.02 Å². The van der Waals surface area contributed by atoms with E-state index in [1.165, 1.54) is 6.07 Å². The SMILES string of the molecule is CCOCC(C)(O)Cc1c(F)cccc1Cl. The minimum absolute atomic E-state index is 0.137. The predicted octanol–water partition coefficient (Wildman–Crippen LogP) is 2.81. The second-order valence-corrected chi connectivity index (χ2v) is 4.42. The average molecular weight is 247 g/mol. The number of hydrogen-bond acceptors (Lipinski definition) is 2. The summed E-state index contributed by atoms with van der Waals surface area (Å²) in [5.41, 5.74) is -0.782. The van der Waals surface area contributed by atoms with Gasteiger partial charge >= 0.3 is 0 Å². The second kappa shape index (κ2) is 5.62. The first-order valence-corrected chi connectivity index (χ1v) is 5.57. The first-order chi connectivity index (χ1) is 7.46. The van der Waals surface area contributed by atoms with E-state index in [9.17, 15) is 9.50 Å². The van der Waals surface area contributed by atoms with Crippen molar-refractivity contribution in [1.29, 1.82) is 0 Å². The van der Waals surface area contributed by atoms with E-state index in [0.29, 0.717) is 17.2 Å². The summed E-state index contributed by atoms with van der Waals surface area (Å²) in [6.45, 7) is 4.12. The Morgan fingerprint density at radius 1 is 1.50 bits per heavy atom. The third-order valence-corrected chi connectivity index (χ3v) is 2.59. The highest BCUT2D eigenvalue weighted by atomic mass is 35.5. The van der Waals surface area contributed by atoms with Crippen molar-refractivity contribution in [3.63, 3.8) is 0 Å². The standard InChI is InChI=1S/C12H16ClFO2/c1-3-16-8-12(2,15)7-9-10(13)5-4-6-11(9)14/h4-6,15H,3,7-8H2,1-2H3. The summed E-state index contributed by atoms with van der Waals surface area (Å²) < 4.78 is 18.6. The molecule has 0 aliphatic rings. The Labute approximate surface area is 100.0 Å². The van der Waals surface area contributed by atoms with Gasteiger partial charge in [0, 0.05) is 23.6 Å². The highest BCUT2D eigenvalue weighted by Crippen LogP contribution is 2.24. The lowest BCUT2D eigenvalue weighted by molar-refractivity contribution is -0.0301. The highest BCUT2D eigenvalue weighted by molar-refractivity contribution is 6.31. The van der Waals surface area contributed by atoms with Crippen molar-refractivity contribution in [2.24, 2.45) is 0 Å². The first-order valence-electron chi connectivity index (χ1n) is 5.19. The molecule has 4 heteroatoms. The topological polar surface area (TPSA) is 29.5 Å². The smallest absolute Gasteiger partial charge is 0.127 e. The molecule has 2 nitrogen and oxygen atoms in total. The van der Waals surface area contributed by atoms with Gasteiger partial charge in [-0.2, -0.15) is 0 Å². The Bertz CT molecular complexity index is 333. The van der Waals surface area contributed by atoms with E-state index in [1.807, 2.05) is 6.92 Å². The summed E-state index contributed by atoms with van der Waals surface area (Å²) in [5.74, 6) is -0.399. The van der Waals surface area contributed by atoms with Crippen molar-refractivity contribution in [1.82, 2.24) is 0 Å². The highest BCUT2D eigenvalue weighted by Gasteiger charge is 2.24. The van der Waals surface area contributed by atoms with Gasteiger partial charge in [0.2, 0.25) is 0 Å². The van der Waals surface area contributed by atoms with Gasteiger partial charge in [-0.1, -0.05) is 17.7 Å². The number of aliphatic hydroxyl groups is 1. The maximum Gasteiger partial charge on any atom is 0.127 e. The first kappa shape index (κ1) is 13.4. The van der Waals surface area contributed by atoms with E-state index in [4.69, 9.17) is 16.3 Å². The normalized spacial score (nSPS) is 14.8.